The van der Waals surface area contributed by atoms with Crippen LogP contribution in [0.25, 0.3) is 0 Å². The van der Waals surface area contributed by atoms with E-state index in [2.05, 4.69) is 41.9 Å². The second-order valence-electron chi connectivity index (χ2n) is 4.12. The molecule has 0 saturated heterocycles. The van der Waals surface area contributed by atoms with Crippen LogP contribution in [0, 0.1) is 6.92 Å². The number of hydrogen-bond donors (Lipinski definition) is 2. The molecule has 0 aliphatic rings. The molecule has 0 fully saturated rings. The molecule has 0 bridgehead atoms. The molecule has 0 heterocycles. The molecule has 1 rings (SSSR count). The summed E-state index contributed by atoms with van der Waals surface area (Å²) in [5.74, 6) is 0. The van der Waals surface area contributed by atoms with E-state index >= 15 is 0 Å². The molecule has 1 unspecified atom stereocenters. The molecule has 102 valence electrons. The number of hydrogen-bond acceptors (Lipinski definition) is 3. The van der Waals surface area contributed by atoms with Crippen LogP contribution >= 0.6 is 31.9 Å². The summed E-state index contributed by atoms with van der Waals surface area (Å²) in [4.78, 5) is 0. The summed E-state index contributed by atoms with van der Waals surface area (Å²) in [6.07, 6.45) is 0. The third-order valence-corrected chi connectivity index (χ3v) is 5.42. The molecular formula is C11H16Br2N2O2S. The standard InChI is InChI=1S/C11H16Br2N2O2S/c1-7-4-9(12)11(10(13)5-7)15-18(16,17)8(2)6-14-3/h4-5,8,14-15H,6H2,1-3H3. The maximum atomic E-state index is 12.1. The van der Waals surface area contributed by atoms with Crippen LogP contribution in [0.4, 0.5) is 5.69 Å². The zero-order valence-electron chi connectivity index (χ0n) is 10.4. The minimum atomic E-state index is -3.41. The number of nitrogens with one attached hydrogen (secondary N) is 2. The van der Waals surface area contributed by atoms with Crippen LogP contribution in [0.15, 0.2) is 21.1 Å². The topological polar surface area (TPSA) is 58.2 Å². The van der Waals surface area contributed by atoms with Gasteiger partial charge < -0.3 is 5.32 Å². The van der Waals surface area contributed by atoms with E-state index in [1.807, 2.05) is 19.1 Å². The van der Waals surface area contributed by atoms with Gasteiger partial charge in [0.1, 0.15) is 0 Å². The van der Waals surface area contributed by atoms with Crippen molar-refractivity contribution in [2.45, 2.75) is 19.1 Å². The number of anilines is 1. The SMILES string of the molecule is CNCC(C)S(=O)(=O)Nc1c(Br)cc(C)cc1Br. The van der Waals surface area contributed by atoms with Crippen molar-refractivity contribution in [3.05, 3.63) is 26.6 Å². The van der Waals surface area contributed by atoms with Crippen LogP contribution in [0.3, 0.4) is 0 Å². The van der Waals surface area contributed by atoms with Crippen molar-refractivity contribution >= 4 is 47.6 Å². The average Bonchev–Trinajstić information content (AvgIpc) is 2.23. The Morgan fingerprint density at radius 2 is 1.78 bits per heavy atom. The smallest absolute Gasteiger partial charge is 0.236 e. The number of sulfonamides is 1. The highest BCUT2D eigenvalue weighted by molar-refractivity contribution is 9.11. The largest absolute Gasteiger partial charge is 0.318 e. The van der Waals surface area contributed by atoms with Crippen LogP contribution in [-0.4, -0.2) is 27.3 Å². The normalized spacial score (nSPS) is 13.4. The number of halogens is 2. The summed E-state index contributed by atoms with van der Waals surface area (Å²) in [6.45, 7) is 4.00. The second kappa shape index (κ2) is 6.36. The first-order chi connectivity index (χ1) is 8.27. The van der Waals surface area contributed by atoms with Gasteiger partial charge in [-0.05, 0) is 70.5 Å². The summed E-state index contributed by atoms with van der Waals surface area (Å²) < 4.78 is 28.2. The Morgan fingerprint density at radius 1 is 1.28 bits per heavy atom. The minimum Gasteiger partial charge on any atom is -0.318 e. The van der Waals surface area contributed by atoms with Gasteiger partial charge in [-0.25, -0.2) is 8.42 Å². The van der Waals surface area contributed by atoms with Gasteiger partial charge in [0.25, 0.3) is 0 Å². The highest BCUT2D eigenvalue weighted by Gasteiger charge is 2.22. The molecule has 0 aliphatic carbocycles. The van der Waals surface area contributed by atoms with Gasteiger partial charge in [0.2, 0.25) is 10.0 Å². The lowest BCUT2D eigenvalue weighted by Gasteiger charge is -2.16. The average molecular weight is 400 g/mol. The number of benzene rings is 1. The minimum absolute atomic E-state index is 0.399. The van der Waals surface area contributed by atoms with Gasteiger partial charge in [0.15, 0.2) is 0 Å². The van der Waals surface area contributed by atoms with Crippen LogP contribution in [0.2, 0.25) is 0 Å². The Bertz CT molecular complexity index is 509. The van der Waals surface area contributed by atoms with E-state index in [1.165, 1.54) is 0 Å². The quantitative estimate of drug-likeness (QED) is 0.800. The van der Waals surface area contributed by atoms with Crippen molar-refractivity contribution in [2.24, 2.45) is 0 Å². The summed E-state index contributed by atoms with van der Waals surface area (Å²) >= 11 is 6.73. The molecule has 0 aromatic heterocycles. The molecule has 0 amide bonds. The van der Waals surface area contributed by atoms with E-state index in [1.54, 1.807) is 14.0 Å². The van der Waals surface area contributed by atoms with E-state index in [9.17, 15) is 8.42 Å². The first-order valence-electron chi connectivity index (χ1n) is 5.39. The predicted octanol–water partition coefficient (Wildman–Crippen LogP) is 2.87. The summed E-state index contributed by atoms with van der Waals surface area (Å²) in [7, 11) is -1.68. The summed E-state index contributed by atoms with van der Waals surface area (Å²) in [5.41, 5.74) is 1.57. The maximum absolute atomic E-state index is 12.1. The zero-order chi connectivity index (χ0) is 13.9. The third kappa shape index (κ3) is 3.94. The zero-order valence-corrected chi connectivity index (χ0v) is 14.4. The Kier molecular flexibility index (Phi) is 5.64. The van der Waals surface area contributed by atoms with Gasteiger partial charge >= 0.3 is 0 Å². The van der Waals surface area contributed by atoms with Gasteiger partial charge in [-0.15, -0.1) is 0 Å². The van der Waals surface area contributed by atoms with Crippen molar-refractivity contribution in [3.8, 4) is 0 Å². The highest BCUT2D eigenvalue weighted by atomic mass is 79.9. The van der Waals surface area contributed by atoms with Crippen LogP contribution in [-0.2, 0) is 10.0 Å². The first kappa shape index (κ1) is 15.9. The van der Waals surface area contributed by atoms with E-state index in [4.69, 9.17) is 0 Å². The maximum Gasteiger partial charge on any atom is 0.236 e. The van der Waals surface area contributed by atoms with Crippen LogP contribution < -0.4 is 10.0 Å². The van der Waals surface area contributed by atoms with Crippen molar-refractivity contribution in [1.82, 2.24) is 5.32 Å². The molecule has 1 aromatic carbocycles. The molecule has 1 atom stereocenters. The number of rotatable bonds is 5. The molecule has 0 radical (unpaired) electrons. The lowest BCUT2D eigenvalue weighted by atomic mass is 10.2. The van der Waals surface area contributed by atoms with Gasteiger partial charge in [-0.3, -0.25) is 4.72 Å². The fourth-order valence-electron chi connectivity index (χ4n) is 1.44. The van der Waals surface area contributed by atoms with Crippen LogP contribution in [0.1, 0.15) is 12.5 Å². The fourth-order valence-corrected chi connectivity index (χ4v) is 4.41. The molecule has 0 aliphatic heterocycles. The van der Waals surface area contributed by atoms with Crippen molar-refractivity contribution < 1.29 is 8.42 Å². The molecule has 18 heavy (non-hydrogen) atoms. The monoisotopic (exact) mass is 398 g/mol. The molecule has 0 spiro atoms. The molecule has 2 N–H and O–H groups in total. The fraction of sp³-hybridized carbons (Fsp3) is 0.455. The van der Waals surface area contributed by atoms with Crippen molar-refractivity contribution in [3.63, 3.8) is 0 Å². The summed E-state index contributed by atoms with van der Waals surface area (Å²) in [5, 5.41) is 2.34. The summed E-state index contributed by atoms with van der Waals surface area (Å²) in [6, 6.07) is 3.73. The molecule has 0 saturated carbocycles. The molecule has 4 nitrogen and oxygen atoms in total. The lowest BCUT2D eigenvalue weighted by molar-refractivity contribution is 0.583. The lowest BCUT2D eigenvalue weighted by Crippen LogP contribution is -2.33. The first-order valence-corrected chi connectivity index (χ1v) is 8.53. The van der Waals surface area contributed by atoms with Crippen LogP contribution in [0.5, 0.6) is 0 Å². The van der Waals surface area contributed by atoms with E-state index in [0.717, 1.165) is 14.5 Å². The van der Waals surface area contributed by atoms with Gasteiger partial charge in [-0.1, -0.05) is 0 Å². The van der Waals surface area contributed by atoms with E-state index < -0.39 is 15.3 Å². The Labute approximate surface area is 125 Å². The third-order valence-electron chi connectivity index (χ3n) is 2.45. The predicted molar refractivity (Wildman–Crippen MR) is 82.5 cm³/mol. The Balaban J connectivity index is 3.05. The molecular weight excluding hydrogens is 384 g/mol. The Hall–Kier alpha value is -0.110. The molecule has 7 heteroatoms. The highest BCUT2D eigenvalue weighted by Crippen LogP contribution is 2.33. The Morgan fingerprint density at radius 3 is 2.22 bits per heavy atom. The van der Waals surface area contributed by atoms with Gasteiger partial charge in [0, 0.05) is 15.5 Å². The van der Waals surface area contributed by atoms with Gasteiger partial charge in [-0.2, -0.15) is 0 Å². The van der Waals surface area contributed by atoms with E-state index in [-0.39, 0.29) is 0 Å². The second-order valence-corrected chi connectivity index (χ2v) is 7.93. The van der Waals surface area contributed by atoms with Crippen molar-refractivity contribution in [2.75, 3.05) is 18.3 Å². The number of aryl methyl sites for hydroxylation is 1. The van der Waals surface area contributed by atoms with Gasteiger partial charge in [0.05, 0.1) is 10.9 Å². The van der Waals surface area contributed by atoms with Crippen molar-refractivity contribution in [1.29, 1.82) is 0 Å². The van der Waals surface area contributed by atoms with E-state index in [0.29, 0.717) is 12.2 Å². The molecule has 1 aromatic rings.